The molecule has 1 aliphatic rings. The standard InChI is InChI=1S/C20H21N7O/c1-13-6-16(27-10-15(25-12-27)7-18(22)28)11-26(9-13)17-3-2-14(8-21)19-20(17)24-5-4-23-19/h2-5,10,12-13,16H,6-7,9,11H2,1H3,(H2,22,28)/t13-,16+/m0/s1. The van der Waals surface area contributed by atoms with Crippen molar-refractivity contribution in [1.29, 1.82) is 5.26 Å². The number of amides is 1. The van der Waals surface area contributed by atoms with Gasteiger partial charge in [-0.25, -0.2) is 4.98 Å². The molecule has 142 valence electrons. The maximum Gasteiger partial charge on any atom is 0.223 e. The van der Waals surface area contributed by atoms with Crippen LogP contribution in [-0.2, 0) is 11.2 Å². The molecule has 0 spiro atoms. The predicted molar refractivity (Wildman–Crippen MR) is 104 cm³/mol. The fourth-order valence-electron chi connectivity index (χ4n) is 3.97. The Balaban J connectivity index is 1.66. The number of nitrogens with two attached hydrogens (primary N) is 1. The zero-order valence-electron chi connectivity index (χ0n) is 15.6. The Morgan fingerprint density at radius 3 is 2.79 bits per heavy atom. The molecule has 1 aliphatic heterocycles. The number of rotatable bonds is 4. The van der Waals surface area contributed by atoms with Gasteiger partial charge < -0.3 is 15.2 Å². The number of nitrogens with zero attached hydrogens (tertiary/aromatic N) is 6. The van der Waals surface area contributed by atoms with Crippen LogP contribution in [0.25, 0.3) is 11.0 Å². The number of nitriles is 1. The Labute approximate surface area is 162 Å². The van der Waals surface area contributed by atoms with Gasteiger partial charge in [-0.3, -0.25) is 14.8 Å². The van der Waals surface area contributed by atoms with E-state index in [1.54, 1.807) is 18.7 Å². The van der Waals surface area contributed by atoms with Crippen molar-refractivity contribution in [3.8, 4) is 6.07 Å². The van der Waals surface area contributed by atoms with E-state index >= 15 is 0 Å². The second-order valence-electron chi connectivity index (χ2n) is 7.35. The Morgan fingerprint density at radius 2 is 2.04 bits per heavy atom. The van der Waals surface area contributed by atoms with Crippen LogP contribution in [0.1, 0.15) is 30.6 Å². The molecule has 28 heavy (non-hydrogen) atoms. The number of carbonyl (C=O) groups excluding carboxylic acids is 1. The molecule has 0 aliphatic carbocycles. The average Bonchev–Trinajstić information content (AvgIpc) is 3.14. The number of benzene rings is 1. The molecule has 0 saturated carbocycles. The van der Waals surface area contributed by atoms with Gasteiger partial charge in [0, 0.05) is 31.7 Å². The lowest BCUT2D eigenvalue weighted by atomic mass is 9.95. The summed E-state index contributed by atoms with van der Waals surface area (Å²) in [7, 11) is 0. The van der Waals surface area contributed by atoms with Crippen molar-refractivity contribution in [2.75, 3.05) is 18.0 Å². The third-order valence-electron chi connectivity index (χ3n) is 5.13. The van der Waals surface area contributed by atoms with Gasteiger partial charge in [0.2, 0.25) is 5.91 Å². The van der Waals surface area contributed by atoms with Crippen LogP contribution in [0, 0.1) is 17.2 Å². The first-order valence-electron chi connectivity index (χ1n) is 9.24. The SMILES string of the molecule is C[C@H]1C[C@@H](n2cnc(CC(N)=O)c2)CN(c2ccc(C#N)c3nccnc23)C1. The van der Waals surface area contributed by atoms with Crippen molar-refractivity contribution in [2.45, 2.75) is 25.8 Å². The van der Waals surface area contributed by atoms with Crippen LogP contribution < -0.4 is 10.6 Å². The molecule has 2 aromatic heterocycles. The number of primary amides is 1. The highest BCUT2D eigenvalue weighted by Crippen LogP contribution is 2.33. The molecule has 3 heterocycles. The van der Waals surface area contributed by atoms with E-state index in [0.717, 1.165) is 30.7 Å². The largest absolute Gasteiger partial charge is 0.369 e. The minimum Gasteiger partial charge on any atom is -0.369 e. The van der Waals surface area contributed by atoms with Crippen LogP contribution in [0.15, 0.2) is 37.1 Å². The summed E-state index contributed by atoms with van der Waals surface area (Å²) in [6.45, 7) is 3.91. The lowest BCUT2D eigenvalue weighted by Crippen LogP contribution is -2.40. The highest BCUT2D eigenvalue weighted by molar-refractivity contribution is 5.92. The summed E-state index contributed by atoms with van der Waals surface area (Å²) >= 11 is 0. The zero-order valence-corrected chi connectivity index (χ0v) is 15.6. The highest BCUT2D eigenvalue weighted by atomic mass is 16.1. The maximum atomic E-state index is 11.1. The van der Waals surface area contributed by atoms with Gasteiger partial charge in [-0.05, 0) is 24.5 Å². The Kier molecular flexibility index (Phi) is 4.65. The molecule has 1 aromatic carbocycles. The summed E-state index contributed by atoms with van der Waals surface area (Å²) in [4.78, 5) is 26.6. The third-order valence-corrected chi connectivity index (χ3v) is 5.13. The molecule has 2 N–H and O–H groups in total. The lowest BCUT2D eigenvalue weighted by Gasteiger charge is -2.38. The van der Waals surface area contributed by atoms with E-state index in [-0.39, 0.29) is 18.4 Å². The first-order valence-corrected chi connectivity index (χ1v) is 9.24. The first kappa shape index (κ1) is 17.9. The molecular weight excluding hydrogens is 354 g/mol. The van der Waals surface area contributed by atoms with Crippen LogP contribution in [0.4, 0.5) is 5.69 Å². The molecule has 1 saturated heterocycles. The fraction of sp³-hybridized carbons (Fsp3) is 0.350. The van der Waals surface area contributed by atoms with Crippen molar-refractivity contribution in [2.24, 2.45) is 11.7 Å². The topological polar surface area (TPSA) is 114 Å². The molecular formula is C20H21N7O. The minimum atomic E-state index is -0.383. The Hall–Kier alpha value is -3.47. The summed E-state index contributed by atoms with van der Waals surface area (Å²) < 4.78 is 2.07. The van der Waals surface area contributed by atoms with Gasteiger partial charge in [0.15, 0.2) is 0 Å². The Bertz CT molecular complexity index is 1070. The number of anilines is 1. The summed E-state index contributed by atoms with van der Waals surface area (Å²) in [5.74, 6) is 0.0784. The summed E-state index contributed by atoms with van der Waals surface area (Å²) in [6, 6.07) is 6.18. The van der Waals surface area contributed by atoms with E-state index < -0.39 is 0 Å². The third kappa shape index (κ3) is 3.39. The summed E-state index contributed by atoms with van der Waals surface area (Å²) in [6.07, 6.45) is 8.11. The molecule has 0 unspecified atom stereocenters. The lowest BCUT2D eigenvalue weighted by molar-refractivity contribution is -0.117. The number of hydrogen-bond acceptors (Lipinski definition) is 6. The van der Waals surface area contributed by atoms with Crippen molar-refractivity contribution in [3.05, 3.63) is 48.3 Å². The second-order valence-corrected chi connectivity index (χ2v) is 7.35. The van der Waals surface area contributed by atoms with E-state index in [9.17, 15) is 10.1 Å². The number of carbonyl (C=O) groups is 1. The minimum absolute atomic E-state index is 0.148. The zero-order chi connectivity index (χ0) is 19.7. The van der Waals surface area contributed by atoms with Crippen LogP contribution in [0.3, 0.4) is 0 Å². The highest BCUT2D eigenvalue weighted by Gasteiger charge is 2.28. The fourth-order valence-corrected chi connectivity index (χ4v) is 3.97. The monoisotopic (exact) mass is 375 g/mol. The second kappa shape index (κ2) is 7.27. The molecule has 8 nitrogen and oxygen atoms in total. The van der Waals surface area contributed by atoms with Crippen molar-refractivity contribution in [3.63, 3.8) is 0 Å². The molecule has 3 aromatic rings. The number of fused-ring (bicyclic) bond motifs is 1. The molecule has 8 heteroatoms. The smallest absolute Gasteiger partial charge is 0.223 e. The maximum absolute atomic E-state index is 11.1. The normalized spacial score (nSPS) is 19.5. The number of piperidine rings is 1. The van der Waals surface area contributed by atoms with Gasteiger partial charge >= 0.3 is 0 Å². The summed E-state index contributed by atoms with van der Waals surface area (Å²) in [5.41, 5.74) is 8.85. The van der Waals surface area contributed by atoms with Gasteiger partial charge in [0.1, 0.15) is 17.1 Å². The molecule has 0 radical (unpaired) electrons. The molecule has 0 bridgehead atoms. The number of aromatic nitrogens is 4. The van der Waals surface area contributed by atoms with Crippen LogP contribution in [-0.4, -0.2) is 38.5 Å². The number of imidazole rings is 1. The molecule has 1 fully saturated rings. The molecule has 4 rings (SSSR count). The quantitative estimate of drug-likeness (QED) is 0.744. The Morgan fingerprint density at radius 1 is 1.25 bits per heavy atom. The van der Waals surface area contributed by atoms with E-state index in [1.165, 1.54) is 0 Å². The summed E-state index contributed by atoms with van der Waals surface area (Å²) in [5, 5.41) is 9.36. The van der Waals surface area contributed by atoms with Gasteiger partial charge in [0.05, 0.1) is 35.7 Å². The van der Waals surface area contributed by atoms with Crippen molar-refractivity contribution >= 4 is 22.6 Å². The molecule has 2 atom stereocenters. The van der Waals surface area contributed by atoms with Gasteiger partial charge in [-0.1, -0.05) is 6.92 Å². The van der Waals surface area contributed by atoms with E-state index in [2.05, 4.69) is 37.4 Å². The van der Waals surface area contributed by atoms with Crippen LogP contribution >= 0.6 is 0 Å². The average molecular weight is 375 g/mol. The van der Waals surface area contributed by atoms with Crippen molar-refractivity contribution in [1.82, 2.24) is 19.5 Å². The van der Waals surface area contributed by atoms with Gasteiger partial charge in [-0.15, -0.1) is 0 Å². The predicted octanol–water partition coefficient (Wildman–Crippen LogP) is 1.81. The van der Waals surface area contributed by atoms with E-state index in [1.807, 2.05) is 18.3 Å². The van der Waals surface area contributed by atoms with Crippen molar-refractivity contribution < 1.29 is 4.79 Å². The van der Waals surface area contributed by atoms with E-state index in [4.69, 9.17) is 5.73 Å². The van der Waals surface area contributed by atoms with Gasteiger partial charge in [-0.2, -0.15) is 5.26 Å². The number of hydrogen-bond donors (Lipinski definition) is 1. The van der Waals surface area contributed by atoms with Crippen LogP contribution in [0.2, 0.25) is 0 Å². The van der Waals surface area contributed by atoms with E-state index in [0.29, 0.717) is 22.7 Å². The van der Waals surface area contributed by atoms with Gasteiger partial charge in [0.25, 0.3) is 0 Å². The molecule has 1 amide bonds. The first-order chi connectivity index (χ1) is 13.5. The van der Waals surface area contributed by atoms with Crippen LogP contribution in [0.5, 0.6) is 0 Å².